The molecule has 0 bridgehead atoms. The number of halogens is 1. The molecule has 2 aromatic carbocycles. The Morgan fingerprint density at radius 3 is 2.53 bits per heavy atom. The monoisotopic (exact) mass is 515 g/mol. The van der Waals surface area contributed by atoms with Crippen molar-refractivity contribution in [1.29, 1.82) is 0 Å². The lowest BCUT2D eigenvalue weighted by atomic mass is 10.0. The highest BCUT2D eigenvalue weighted by atomic mass is 32.2. The fraction of sp³-hybridized carbons (Fsp3) is 0.280. The van der Waals surface area contributed by atoms with Crippen molar-refractivity contribution in [2.45, 2.75) is 13.0 Å². The average Bonchev–Trinajstić information content (AvgIpc) is 3.17. The van der Waals surface area contributed by atoms with Crippen LogP contribution in [0.3, 0.4) is 0 Å². The van der Waals surface area contributed by atoms with Crippen LogP contribution in [0.1, 0.15) is 18.7 Å². The average molecular weight is 516 g/mol. The van der Waals surface area contributed by atoms with E-state index in [-0.39, 0.29) is 11.6 Å². The number of fused-ring (bicyclic) bond motifs is 1. The predicted molar refractivity (Wildman–Crippen MR) is 134 cm³/mol. The Morgan fingerprint density at radius 1 is 1.08 bits per heavy atom. The number of rotatable bonds is 9. The fourth-order valence-corrected chi connectivity index (χ4v) is 4.96. The number of ether oxygens (including phenoxy) is 3. The standard InChI is InChI=1S/C25H26FN3O6S/c1-5-35-24-23(34-3)11-9-19(27-24)22(14-36(4,31)32)29-21-10-6-15(12-20(21)28-25(29)30)17-13-16(33-2)7-8-18(17)26/h6-13,22H,5,14H2,1-4H3,(H,28,30). The zero-order valence-corrected chi connectivity index (χ0v) is 21.1. The summed E-state index contributed by atoms with van der Waals surface area (Å²) in [6.45, 7) is 2.11. The quantitative estimate of drug-likeness (QED) is 0.363. The number of hydrogen-bond donors (Lipinski definition) is 1. The minimum Gasteiger partial charge on any atom is -0.497 e. The van der Waals surface area contributed by atoms with Crippen LogP contribution in [0.2, 0.25) is 0 Å². The summed E-state index contributed by atoms with van der Waals surface area (Å²) in [5.74, 6) is 0.241. The smallest absolute Gasteiger partial charge is 0.327 e. The number of nitrogens with one attached hydrogen (secondary N) is 1. The van der Waals surface area contributed by atoms with E-state index in [4.69, 9.17) is 14.2 Å². The largest absolute Gasteiger partial charge is 0.497 e. The van der Waals surface area contributed by atoms with Crippen LogP contribution < -0.4 is 19.9 Å². The number of pyridine rings is 1. The number of benzene rings is 2. The molecule has 0 radical (unpaired) electrons. The molecule has 36 heavy (non-hydrogen) atoms. The number of nitrogens with zero attached hydrogens (tertiary/aromatic N) is 2. The number of aromatic nitrogens is 3. The Balaban J connectivity index is 1.88. The van der Waals surface area contributed by atoms with Gasteiger partial charge in [0.25, 0.3) is 5.88 Å². The van der Waals surface area contributed by atoms with E-state index in [0.29, 0.717) is 46.0 Å². The Labute approximate surface area is 207 Å². The van der Waals surface area contributed by atoms with Crippen molar-refractivity contribution < 1.29 is 27.0 Å². The number of methoxy groups -OCH3 is 2. The van der Waals surface area contributed by atoms with Crippen LogP contribution in [0, 0.1) is 5.82 Å². The first kappa shape index (κ1) is 25.2. The maximum atomic E-state index is 14.5. The van der Waals surface area contributed by atoms with Gasteiger partial charge in [0.15, 0.2) is 5.75 Å². The fourth-order valence-electron chi connectivity index (χ4n) is 4.06. The molecule has 0 aliphatic carbocycles. The third-order valence-electron chi connectivity index (χ3n) is 5.66. The lowest BCUT2D eigenvalue weighted by Gasteiger charge is -2.19. The summed E-state index contributed by atoms with van der Waals surface area (Å²) in [5.41, 5.74) is 1.46. The highest BCUT2D eigenvalue weighted by Crippen LogP contribution is 2.32. The van der Waals surface area contributed by atoms with Crippen molar-refractivity contribution in [3.63, 3.8) is 0 Å². The van der Waals surface area contributed by atoms with E-state index >= 15 is 0 Å². The number of H-pyrrole nitrogens is 1. The van der Waals surface area contributed by atoms with Gasteiger partial charge < -0.3 is 19.2 Å². The van der Waals surface area contributed by atoms with Gasteiger partial charge in [0, 0.05) is 11.8 Å². The zero-order valence-electron chi connectivity index (χ0n) is 20.2. The Morgan fingerprint density at radius 2 is 1.86 bits per heavy atom. The van der Waals surface area contributed by atoms with Crippen LogP contribution in [0.15, 0.2) is 53.3 Å². The number of aromatic amines is 1. The highest BCUT2D eigenvalue weighted by molar-refractivity contribution is 7.90. The third-order valence-corrected chi connectivity index (χ3v) is 6.58. The molecule has 1 atom stereocenters. The van der Waals surface area contributed by atoms with Crippen LogP contribution in [0.25, 0.3) is 22.2 Å². The molecular weight excluding hydrogens is 489 g/mol. The maximum Gasteiger partial charge on any atom is 0.327 e. The molecule has 4 aromatic rings. The summed E-state index contributed by atoms with van der Waals surface area (Å²) in [6.07, 6.45) is 1.09. The van der Waals surface area contributed by atoms with Gasteiger partial charge in [-0.1, -0.05) is 6.07 Å². The molecule has 0 saturated heterocycles. The number of hydrogen-bond acceptors (Lipinski definition) is 7. The molecule has 1 unspecified atom stereocenters. The SMILES string of the molecule is CCOc1nc(C(CS(C)(=O)=O)n2c(=O)[nH]c3cc(-c4cc(OC)ccc4F)ccc32)ccc1OC. The first-order valence-corrected chi connectivity index (χ1v) is 13.1. The molecule has 0 aliphatic heterocycles. The minimum atomic E-state index is -3.54. The van der Waals surface area contributed by atoms with E-state index in [1.54, 1.807) is 43.3 Å². The third kappa shape index (κ3) is 5.06. The molecule has 11 heteroatoms. The van der Waals surface area contributed by atoms with E-state index in [0.717, 1.165) is 6.26 Å². The Hall–Kier alpha value is -3.86. The minimum absolute atomic E-state index is 0.194. The molecule has 0 saturated carbocycles. The van der Waals surface area contributed by atoms with Crippen LogP contribution in [-0.4, -0.2) is 55.8 Å². The van der Waals surface area contributed by atoms with E-state index < -0.39 is 27.4 Å². The molecule has 4 rings (SSSR count). The number of imidazole rings is 1. The molecule has 2 aromatic heterocycles. The van der Waals surface area contributed by atoms with Gasteiger partial charge in [0.05, 0.1) is 49.3 Å². The Kier molecular flexibility index (Phi) is 7.02. The van der Waals surface area contributed by atoms with Gasteiger partial charge in [-0.3, -0.25) is 4.57 Å². The van der Waals surface area contributed by atoms with Gasteiger partial charge in [0.1, 0.15) is 21.4 Å². The van der Waals surface area contributed by atoms with Crippen LogP contribution in [-0.2, 0) is 9.84 Å². The second-order valence-electron chi connectivity index (χ2n) is 8.16. The van der Waals surface area contributed by atoms with Crippen molar-refractivity contribution in [3.05, 3.63) is 70.5 Å². The van der Waals surface area contributed by atoms with Crippen molar-refractivity contribution in [1.82, 2.24) is 14.5 Å². The van der Waals surface area contributed by atoms with Crippen LogP contribution >= 0.6 is 0 Å². The molecule has 0 aliphatic rings. The van der Waals surface area contributed by atoms with Gasteiger partial charge in [-0.2, -0.15) is 0 Å². The molecule has 9 nitrogen and oxygen atoms in total. The van der Waals surface area contributed by atoms with Crippen molar-refractivity contribution in [2.24, 2.45) is 0 Å². The molecule has 1 N–H and O–H groups in total. The van der Waals surface area contributed by atoms with E-state index in [2.05, 4.69) is 9.97 Å². The lowest BCUT2D eigenvalue weighted by molar-refractivity contribution is 0.296. The summed E-state index contributed by atoms with van der Waals surface area (Å²) in [5, 5.41) is 0. The van der Waals surface area contributed by atoms with Crippen LogP contribution in [0.5, 0.6) is 17.4 Å². The van der Waals surface area contributed by atoms with Gasteiger partial charge in [-0.15, -0.1) is 0 Å². The molecule has 0 amide bonds. The van der Waals surface area contributed by atoms with Crippen molar-refractivity contribution in [3.8, 4) is 28.5 Å². The summed E-state index contributed by atoms with van der Waals surface area (Å²) < 4.78 is 56.6. The number of sulfone groups is 1. The van der Waals surface area contributed by atoms with E-state index in [1.807, 2.05) is 0 Å². The van der Waals surface area contributed by atoms with Gasteiger partial charge in [-0.05, 0) is 55.0 Å². The van der Waals surface area contributed by atoms with Crippen molar-refractivity contribution in [2.75, 3.05) is 32.8 Å². The molecule has 0 spiro atoms. The van der Waals surface area contributed by atoms with Gasteiger partial charge >= 0.3 is 5.69 Å². The summed E-state index contributed by atoms with van der Waals surface area (Å²) in [6, 6.07) is 11.6. The summed E-state index contributed by atoms with van der Waals surface area (Å²) in [4.78, 5) is 20.4. The van der Waals surface area contributed by atoms with E-state index in [1.165, 1.54) is 30.9 Å². The second-order valence-corrected chi connectivity index (χ2v) is 10.3. The van der Waals surface area contributed by atoms with Crippen LogP contribution in [0.4, 0.5) is 4.39 Å². The Bertz CT molecular complexity index is 1580. The molecule has 190 valence electrons. The van der Waals surface area contributed by atoms with E-state index in [9.17, 15) is 17.6 Å². The van der Waals surface area contributed by atoms with Gasteiger partial charge in [-0.25, -0.2) is 22.6 Å². The first-order valence-electron chi connectivity index (χ1n) is 11.1. The molecular formula is C25H26FN3O6S. The topological polar surface area (TPSA) is 113 Å². The second kappa shape index (κ2) is 10.0. The van der Waals surface area contributed by atoms with Gasteiger partial charge in [0.2, 0.25) is 0 Å². The predicted octanol–water partition coefficient (Wildman–Crippen LogP) is 3.58. The zero-order chi connectivity index (χ0) is 26.0. The maximum absolute atomic E-state index is 14.5. The molecule has 2 heterocycles. The van der Waals surface area contributed by atoms with Crippen molar-refractivity contribution >= 4 is 20.9 Å². The highest BCUT2D eigenvalue weighted by Gasteiger charge is 2.26. The first-order chi connectivity index (χ1) is 17.1. The normalized spacial score (nSPS) is 12.5. The summed E-state index contributed by atoms with van der Waals surface area (Å²) in [7, 11) is -0.575. The molecule has 0 fully saturated rings. The lowest BCUT2D eigenvalue weighted by Crippen LogP contribution is -2.29. The summed E-state index contributed by atoms with van der Waals surface area (Å²) >= 11 is 0.